The van der Waals surface area contributed by atoms with Crippen LogP contribution in [-0.4, -0.2) is 42.2 Å². The molecule has 0 saturated heterocycles. The summed E-state index contributed by atoms with van der Waals surface area (Å²) in [5.74, 6) is 1.60. The Hall–Kier alpha value is -3.36. The van der Waals surface area contributed by atoms with Gasteiger partial charge in [-0.15, -0.1) is 6.58 Å². The van der Waals surface area contributed by atoms with Crippen molar-refractivity contribution in [2.24, 2.45) is 0 Å². The molecule has 0 saturated carbocycles. The van der Waals surface area contributed by atoms with Crippen LogP contribution >= 0.6 is 0 Å². The molecule has 9 heteroatoms. The van der Waals surface area contributed by atoms with Crippen molar-refractivity contribution in [3.05, 3.63) is 52.9 Å². The van der Waals surface area contributed by atoms with Gasteiger partial charge in [-0.3, -0.25) is 10.1 Å². The number of hydrogen-bond donors (Lipinski definition) is 2. The highest BCUT2D eigenvalue weighted by molar-refractivity contribution is 5.69. The molecule has 0 bridgehead atoms. The second kappa shape index (κ2) is 9.21. The van der Waals surface area contributed by atoms with Crippen LogP contribution in [-0.2, 0) is 6.42 Å². The lowest BCUT2D eigenvalue weighted by molar-refractivity contribution is -0.383. The summed E-state index contributed by atoms with van der Waals surface area (Å²) in [4.78, 5) is 18.8. The molecule has 1 aromatic carbocycles. The standard InChI is InChI=1S/C17H21N5O4/c1-4-8-18-16-15(22(23)24)17(21-11-20-16)19-9-7-12-5-6-13(25-2)14(10-12)26-3/h4-6,10-11H,1,7-9H2,2-3H3,(H2,18,19,20,21). The van der Waals surface area contributed by atoms with Gasteiger partial charge in [0.2, 0.25) is 11.6 Å². The van der Waals surface area contributed by atoms with Gasteiger partial charge in [0.05, 0.1) is 19.1 Å². The summed E-state index contributed by atoms with van der Waals surface area (Å²) in [5, 5.41) is 17.2. The van der Waals surface area contributed by atoms with Crippen LogP contribution in [0.4, 0.5) is 17.3 Å². The molecule has 2 aromatic rings. The summed E-state index contributed by atoms with van der Waals surface area (Å²) in [6, 6.07) is 5.60. The second-order valence-electron chi connectivity index (χ2n) is 5.21. The van der Waals surface area contributed by atoms with Crippen LogP contribution in [0, 0.1) is 10.1 Å². The maximum Gasteiger partial charge on any atom is 0.353 e. The summed E-state index contributed by atoms with van der Waals surface area (Å²) >= 11 is 0. The van der Waals surface area contributed by atoms with Crippen molar-refractivity contribution in [3.63, 3.8) is 0 Å². The molecule has 2 N–H and O–H groups in total. The number of nitrogens with zero attached hydrogens (tertiary/aromatic N) is 3. The van der Waals surface area contributed by atoms with E-state index in [0.29, 0.717) is 31.0 Å². The van der Waals surface area contributed by atoms with E-state index in [-0.39, 0.29) is 17.3 Å². The minimum atomic E-state index is -0.510. The van der Waals surface area contributed by atoms with Crippen LogP contribution in [0.2, 0.25) is 0 Å². The van der Waals surface area contributed by atoms with Crippen molar-refractivity contribution < 1.29 is 14.4 Å². The molecule has 1 heterocycles. The van der Waals surface area contributed by atoms with E-state index in [1.807, 2.05) is 18.2 Å². The monoisotopic (exact) mass is 359 g/mol. The van der Waals surface area contributed by atoms with E-state index >= 15 is 0 Å². The van der Waals surface area contributed by atoms with Gasteiger partial charge in [0.1, 0.15) is 6.33 Å². The highest BCUT2D eigenvalue weighted by Crippen LogP contribution is 2.29. The highest BCUT2D eigenvalue weighted by atomic mass is 16.6. The van der Waals surface area contributed by atoms with Crippen molar-refractivity contribution >= 4 is 17.3 Å². The molecule has 26 heavy (non-hydrogen) atoms. The Morgan fingerprint density at radius 1 is 1.19 bits per heavy atom. The lowest BCUT2D eigenvalue weighted by Gasteiger charge is -2.11. The maximum absolute atomic E-state index is 11.4. The Labute approximate surface area is 151 Å². The molecule has 0 amide bonds. The van der Waals surface area contributed by atoms with Crippen molar-refractivity contribution in [2.75, 3.05) is 37.9 Å². The van der Waals surface area contributed by atoms with Crippen LogP contribution in [0.15, 0.2) is 37.2 Å². The largest absolute Gasteiger partial charge is 0.493 e. The number of ether oxygens (including phenoxy) is 2. The first kappa shape index (κ1) is 19.0. The smallest absolute Gasteiger partial charge is 0.353 e. The molecule has 0 spiro atoms. The van der Waals surface area contributed by atoms with Crippen molar-refractivity contribution in [1.82, 2.24) is 9.97 Å². The number of methoxy groups -OCH3 is 2. The number of aromatic nitrogens is 2. The third-order valence-electron chi connectivity index (χ3n) is 3.57. The summed E-state index contributed by atoms with van der Waals surface area (Å²) in [6.07, 6.45) is 3.49. The zero-order chi connectivity index (χ0) is 18.9. The predicted octanol–water partition coefficient (Wildman–Crippen LogP) is 2.65. The van der Waals surface area contributed by atoms with E-state index in [1.165, 1.54) is 6.33 Å². The molecular weight excluding hydrogens is 338 g/mol. The van der Waals surface area contributed by atoms with Gasteiger partial charge in [0, 0.05) is 13.1 Å². The SMILES string of the molecule is C=CCNc1ncnc(NCCc2ccc(OC)c(OC)c2)c1[N+](=O)[O-]. The van der Waals surface area contributed by atoms with Crippen LogP contribution in [0.1, 0.15) is 5.56 Å². The Morgan fingerprint density at radius 2 is 1.88 bits per heavy atom. The van der Waals surface area contributed by atoms with Gasteiger partial charge in [-0.1, -0.05) is 12.1 Å². The highest BCUT2D eigenvalue weighted by Gasteiger charge is 2.22. The molecule has 0 unspecified atom stereocenters. The fourth-order valence-corrected chi connectivity index (χ4v) is 2.34. The molecule has 0 aliphatic carbocycles. The minimum absolute atomic E-state index is 0.151. The predicted molar refractivity (Wildman–Crippen MR) is 99.1 cm³/mol. The average Bonchev–Trinajstić information content (AvgIpc) is 2.65. The molecule has 0 aliphatic heterocycles. The number of nitro groups is 1. The first-order valence-corrected chi connectivity index (χ1v) is 7.89. The molecular formula is C17H21N5O4. The zero-order valence-electron chi connectivity index (χ0n) is 14.7. The molecule has 0 aliphatic rings. The molecule has 0 atom stereocenters. The topological polar surface area (TPSA) is 111 Å². The Bertz CT molecular complexity index is 782. The van der Waals surface area contributed by atoms with Crippen LogP contribution in [0.3, 0.4) is 0 Å². The van der Waals surface area contributed by atoms with Gasteiger partial charge < -0.3 is 20.1 Å². The van der Waals surface area contributed by atoms with Crippen LogP contribution < -0.4 is 20.1 Å². The maximum atomic E-state index is 11.4. The van der Waals surface area contributed by atoms with Gasteiger partial charge in [-0.05, 0) is 24.1 Å². The lowest BCUT2D eigenvalue weighted by Crippen LogP contribution is -2.12. The number of rotatable bonds is 10. The number of nitrogens with one attached hydrogen (secondary N) is 2. The molecule has 138 valence electrons. The summed E-state index contributed by atoms with van der Waals surface area (Å²) in [5.41, 5.74) is 0.804. The summed E-state index contributed by atoms with van der Waals surface area (Å²) in [6.45, 7) is 4.39. The first-order chi connectivity index (χ1) is 12.6. The first-order valence-electron chi connectivity index (χ1n) is 7.89. The van der Waals surface area contributed by atoms with Crippen molar-refractivity contribution in [1.29, 1.82) is 0 Å². The van der Waals surface area contributed by atoms with E-state index in [1.54, 1.807) is 20.3 Å². The number of anilines is 2. The minimum Gasteiger partial charge on any atom is -0.493 e. The van der Waals surface area contributed by atoms with Crippen LogP contribution in [0.5, 0.6) is 11.5 Å². The fourth-order valence-electron chi connectivity index (χ4n) is 2.34. The molecule has 0 fully saturated rings. The Morgan fingerprint density at radius 3 is 2.50 bits per heavy atom. The Kier molecular flexibility index (Phi) is 6.72. The zero-order valence-corrected chi connectivity index (χ0v) is 14.7. The van der Waals surface area contributed by atoms with Gasteiger partial charge in [-0.2, -0.15) is 0 Å². The Balaban J connectivity index is 2.10. The van der Waals surface area contributed by atoms with Gasteiger partial charge in [0.15, 0.2) is 11.5 Å². The second-order valence-corrected chi connectivity index (χ2v) is 5.21. The molecule has 1 aromatic heterocycles. The van der Waals surface area contributed by atoms with Crippen molar-refractivity contribution in [2.45, 2.75) is 6.42 Å². The van der Waals surface area contributed by atoms with E-state index in [9.17, 15) is 10.1 Å². The molecule has 0 radical (unpaired) electrons. The van der Waals surface area contributed by atoms with Gasteiger partial charge in [0.25, 0.3) is 0 Å². The number of benzene rings is 1. The quantitative estimate of drug-likeness (QED) is 0.378. The molecule has 2 rings (SSSR count). The fraction of sp³-hybridized carbons (Fsp3) is 0.294. The van der Waals surface area contributed by atoms with E-state index in [2.05, 4.69) is 27.2 Å². The summed E-state index contributed by atoms with van der Waals surface area (Å²) < 4.78 is 10.5. The molecule has 9 nitrogen and oxygen atoms in total. The third-order valence-corrected chi connectivity index (χ3v) is 3.57. The van der Waals surface area contributed by atoms with E-state index in [4.69, 9.17) is 9.47 Å². The normalized spacial score (nSPS) is 10.1. The van der Waals surface area contributed by atoms with Crippen molar-refractivity contribution in [3.8, 4) is 11.5 Å². The third kappa shape index (κ3) is 4.59. The number of hydrogen-bond acceptors (Lipinski definition) is 8. The summed E-state index contributed by atoms with van der Waals surface area (Å²) in [7, 11) is 3.15. The van der Waals surface area contributed by atoms with Gasteiger partial charge in [-0.25, -0.2) is 9.97 Å². The van der Waals surface area contributed by atoms with Gasteiger partial charge >= 0.3 is 5.69 Å². The van der Waals surface area contributed by atoms with Crippen LogP contribution in [0.25, 0.3) is 0 Å². The van der Waals surface area contributed by atoms with E-state index in [0.717, 1.165) is 5.56 Å². The lowest BCUT2D eigenvalue weighted by atomic mass is 10.1. The average molecular weight is 359 g/mol. The van der Waals surface area contributed by atoms with E-state index < -0.39 is 4.92 Å².